The molecule has 3 saturated carbocycles. The number of carbonyl (C=O) groups excluding carboxylic acids is 1. The molecular weight excluding hydrogens is 232 g/mol. The van der Waals surface area contributed by atoms with Crippen LogP contribution in [0.25, 0.3) is 0 Å². The number of urea groups is 1. The highest BCUT2D eigenvalue weighted by atomic mass is 16.4. The first-order chi connectivity index (χ1) is 8.65. The Hall–Kier alpha value is -1.26. The van der Waals surface area contributed by atoms with Gasteiger partial charge in [-0.3, -0.25) is 4.79 Å². The molecule has 5 heteroatoms. The minimum atomic E-state index is -0.791. The van der Waals surface area contributed by atoms with Crippen LogP contribution in [0.3, 0.4) is 0 Å². The third-order valence-electron chi connectivity index (χ3n) is 5.54. The van der Waals surface area contributed by atoms with E-state index >= 15 is 0 Å². The summed E-state index contributed by atoms with van der Waals surface area (Å²) in [6.45, 7) is 0.742. The number of fused-ring (bicyclic) bond motifs is 5. The Balaban J connectivity index is 1.30. The fourth-order valence-corrected chi connectivity index (χ4v) is 4.55. The van der Waals surface area contributed by atoms with E-state index in [0.717, 1.165) is 23.7 Å². The van der Waals surface area contributed by atoms with Gasteiger partial charge in [0.05, 0.1) is 5.92 Å². The minimum absolute atomic E-state index is 0.0497. The molecule has 18 heavy (non-hydrogen) atoms. The SMILES string of the molecule is O=C(O)C1CN(C(=O)NC2C3C4CCC(C4)C23)C1. The second-order valence-corrected chi connectivity index (χ2v) is 6.40. The third-order valence-corrected chi connectivity index (χ3v) is 5.54. The van der Waals surface area contributed by atoms with Crippen molar-refractivity contribution < 1.29 is 14.7 Å². The Morgan fingerprint density at radius 1 is 1.11 bits per heavy atom. The molecule has 98 valence electrons. The largest absolute Gasteiger partial charge is 0.481 e. The Labute approximate surface area is 106 Å². The average molecular weight is 250 g/mol. The normalized spacial score (nSPS) is 44.4. The second-order valence-electron chi connectivity index (χ2n) is 6.40. The van der Waals surface area contributed by atoms with E-state index in [9.17, 15) is 9.59 Å². The molecule has 0 aromatic carbocycles. The number of carboxylic acids is 1. The molecule has 0 aromatic heterocycles. The first-order valence-electron chi connectivity index (χ1n) is 6.93. The highest BCUT2D eigenvalue weighted by Gasteiger charge is 2.65. The molecule has 2 bridgehead atoms. The standard InChI is InChI=1S/C13H18N2O3/c16-12(17)8-4-15(5-8)13(18)14-11-9-6-1-2-7(3-6)10(9)11/h6-11H,1-5H2,(H,14,18)(H,16,17). The van der Waals surface area contributed by atoms with Crippen molar-refractivity contribution in [3.05, 3.63) is 0 Å². The van der Waals surface area contributed by atoms with Crippen LogP contribution in [0.4, 0.5) is 4.79 Å². The summed E-state index contributed by atoms with van der Waals surface area (Å²) in [6.07, 6.45) is 4.08. The Kier molecular flexibility index (Phi) is 2.01. The van der Waals surface area contributed by atoms with Crippen molar-refractivity contribution in [1.82, 2.24) is 10.2 Å². The lowest BCUT2D eigenvalue weighted by molar-refractivity contribution is -0.146. The van der Waals surface area contributed by atoms with Gasteiger partial charge in [0.1, 0.15) is 0 Å². The zero-order valence-corrected chi connectivity index (χ0v) is 10.2. The van der Waals surface area contributed by atoms with Gasteiger partial charge in [-0.25, -0.2) is 4.79 Å². The smallest absolute Gasteiger partial charge is 0.317 e. The zero-order chi connectivity index (χ0) is 12.4. The lowest BCUT2D eigenvalue weighted by Crippen LogP contribution is -2.56. The van der Waals surface area contributed by atoms with Crippen LogP contribution in [-0.2, 0) is 4.79 Å². The van der Waals surface area contributed by atoms with E-state index in [-0.39, 0.29) is 11.9 Å². The molecule has 0 spiro atoms. The van der Waals surface area contributed by atoms with Crippen molar-refractivity contribution in [2.45, 2.75) is 25.3 Å². The van der Waals surface area contributed by atoms with Gasteiger partial charge in [0.2, 0.25) is 0 Å². The van der Waals surface area contributed by atoms with Gasteiger partial charge >= 0.3 is 12.0 Å². The van der Waals surface area contributed by atoms with Crippen LogP contribution in [0.2, 0.25) is 0 Å². The van der Waals surface area contributed by atoms with Crippen molar-refractivity contribution in [2.75, 3.05) is 13.1 Å². The molecule has 0 aromatic rings. The number of aliphatic carboxylic acids is 1. The maximum Gasteiger partial charge on any atom is 0.317 e. The molecule has 1 heterocycles. The fraction of sp³-hybridized carbons (Fsp3) is 0.846. The topological polar surface area (TPSA) is 69.6 Å². The monoisotopic (exact) mass is 250 g/mol. The van der Waals surface area contributed by atoms with Gasteiger partial charge in [0, 0.05) is 19.1 Å². The van der Waals surface area contributed by atoms with E-state index in [1.54, 1.807) is 4.90 Å². The summed E-state index contributed by atoms with van der Waals surface area (Å²) >= 11 is 0. The van der Waals surface area contributed by atoms with Crippen molar-refractivity contribution >= 4 is 12.0 Å². The fourth-order valence-electron chi connectivity index (χ4n) is 4.55. The van der Waals surface area contributed by atoms with Crippen molar-refractivity contribution in [3.63, 3.8) is 0 Å². The van der Waals surface area contributed by atoms with E-state index in [1.807, 2.05) is 0 Å². The molecular formula is C13H18N2O3. The van der Waals surface area contributed by atoms with E-state index in [1.165, 1.54) is 19.3 Å². The summed E-state index contributed by atoms with van der Waals surface area (Å²) in [5.41, 5.74) is 0. The van der Waals surface area contributed by atoms with Gasteiger partial charge in [-0.2, -0.15) is 0 Å². The van der Waals surface area contributed by atoms with Gasteiger partial charge < -0.3 is 15.3 Å². The molecule has 4 atom stereocenters. The number of carbonyl (C=O) groups is 2. The van der Waals surface area contributed by atoms with Crippen LogP contribution in [0.1, 0.15) is 19.3 Å². The number of amides is 2. The summed E-state index contributed by atoms with van der Waals surface area (Å²) in [6, 6.07) is 0.346. The number of carboxylic acid groups (broad SMARTS) is 1. The lowest BCUT2D eigenvalue weighted by atomic mass is 10.0. The van der Waals surface area contributed by atoms with E-state index in [0.29, 0.717) is 19.1 Å². The first kappa shape index (κ1) is 10.6. The van der Waals surface area contributed by atoms with E-state index in [2.05, 4.69) is 5.32 Å². The Bertz CT molecular complexity index is 402. The Morgan fingerprint density at radius 2 is 1.72 bits per heavy atom. The molecule has 0 radical (unpaired) electrons. The number of nitrogens with zero attached hydrogens (tertiary/aromatic N) is 1. The predicted molar refractivity (Wildman–Crippen MR) is 62.8 cm³/mol. The quantitative estimate of drug-likeness (QED) is 0.760. The van der Waals surface area contributed by atoms with Crippen LogP contribution in [-0.4, -0.2) is 41.1 Å². The number of nitrogens with one attached hydrogen (secondary N) is 1. The lowest BCUT2D eigenvalue weighted by Gasteiger charge is -2.36. The highest BCUT2D eigenvalue weighted by Crippen LogP contribution is 2.65. The van der Waals surface area contributed by atoms with Gasteiger partial charge in [-0.15, -0.1) is 0 Å². The molecule has 4 unspecified atom stereocenters. The molecule has 2 N–H and O–H groups in total. The molecule has 1 aliphatic heterocycles. The first-order valence-corrected chi connectivity index (χ1v) is 6.93. The van der Waals surface area contributed by atoms with Gasteiger partial charge in [0.15, 0.2) is 0 Å². The van der Waals surface area contributed by atoms with Crippen LogP contribution in [0.15, 0.2) is 0 Å². The van der Waals surface area contributed by atoms with Crippen LogP contribution in [0.5, 0.6) is 0 Å². The van der Waals surface area contributed by atoms with Crippen molar-refractivity contribution in [3.8, 4) is 0 Å². The molecule has 4 rings (SSSR count). The maximum atomic E-state index is 11.9. The highest BCUT2D eigenvalue weighted by molar-refractivity contribution is 5.80. The number of hydrogen-bond donors (Lipinski definition) is 2. The van der Waals surface area contributed by atoms with Crippen molar-refractivity contribution in [1.29, 1.82) is 0 Å². The molecule has 3 aliphatic carbocycles. The molecule has 1 saturated heterocycles. The zero-order valence-electron chi connectivity index (χ0n) is 10.2. The minimum Gasteiger partial charge on any atom is -0.481 e. The predicted octanol–water partition coefficient (Wildman–Crippen LogP) is 0.757. The number of rotatable bonds is 2. The summed E-state index contributed by atoms with van der Waals surface area (Å²) in [5.74, 6) is 2.04. The van der Waals surface area contributed by atoms with Gasteiger partial charge in [0.25, 0.3) is 0 Å². The Morgan fingerprint density at radius 3 is 2.28 bits per heavy atom. The maximum absolute atomic E-state index is 11.9. The molecule has 2 amide bonds. The summed E-state index contributed by atoms with van der Waals surface area (Å²) < 4.78 is 0. The van der Waals surface area contributed by atoms with Gasteiger partial charge in [-0.05, 0) is 42.9 Å². The van der Waals surface area contributed by atoms with Crippen LogP contribution >= 0.6 is 0 Å². The second kappa shape index (κ2) is 3.39. The number of likely N-dealkylation sites (tertiary alicyclic amines) is 1. The van der Waals surface area contributed by atoms with Crippen LogP contribution < -0.4 is 5.32 Å². The van der Waals surface area contributed by atoms with E-state index in [4.69, 9.17) is 5.11 Å². The molecule has 4 fully saturated rings. The summed E-state index contributed by atoms with van der Waals surface area (Å²) in [4.78, 5) is 24.2. The molecule has 5 nitrogen and oxygen atoms in total. The number of hydrogen-bond acceptors (Lipinski definition) is 2. The van der Waals surface area contributed by atoms with E-state index < -0.39 is 5.97 Å². The molecule has 4 aliphatic rings. The summed E-state index contributed by atoms with van der Waals surface area (Å²) in [5, 5.41) is 11.9. The van der Waals surface area contributed by atoms with Crippen LogP contribution in [0, 0.1) is 29.6 Å². The van der Waals surface area contributed by atoms with Gasteiger partial charge in [-0.1, -0.05) is 0 Å². The van der Waals surface area contributed by atoms with Crippen molar-refractivity contribution in [2.24, 2.45) is 29.6 Å². The third kappa shape index (κ3) is 1.33. The summed E-state index contributed by atoms with van der Waals surface area (Å²) in [7, 11) is 0. The average Bonchev–Trinajstić information content (AvgIpc) is 2.68.